The Morgan fingerprint density at radius 3 is 3.24 bits per heavy atom. The standard InChI is InChI=1S/C13H19NO2S/c1-2-16-10-11-5-3-7-14(9-11)13(15)12-6-4-8-17-12/h4,6,8,11H,2-3,5,7,9-10H2,1H3. The Morgan fingerprint density at radius 2 is 2.53 bits per heavy atom. The lowest BCUT2D eigenvalue weighted by Gasteiger charge is -2.32. The van der Waals surface area contributed by atoms with Crippen molar-refractivity contribution in [2.45, 2.75) is 19.8 Å². The van der Waals surface area contributed by atoms with Crippen molar-refractivity contribution < 1.29 is 9.53 Å². The van der Waals surface area contributed by atoms with Crippen molar-refractivity contribution in [1.82, 2.24) is 4.90 Å². The van der Waals surface area contributed by atoms with E-state index >= 15 is 0 Å². The summed E-state index contributed by atoms with van der Waals surface area (Å²) in [6, 6.07) is 3.83. The maximum atomic E-state index is 12.2. The van der Waals surface area contributed by atoms with E-state index in [0.717, 1.165) is 37.6 Å². The van der Waals surface area contributed by atoms with Crippen molar-refractivity contribution in [2.24, 2.45) is 5.92 Å². The number of thiophene rings is 1. The van der Waals surface area contributed by atoms with Gasteiger partial charge in [-0.1, -0.05) is 6.07 Å². The van der Waals surface area contributed by atoms with Gasteiger partial charge in [-0.2, -0.15) is 0 Å². The van der Waals surface area contributed by atoms with Gasteiger partial charge in [0.2, 0.25) is 0 Å². The Kier molecular flexibility index (Phi) is 4.57. The first kappa shape index (κ1) is 12.6. The first-order valence-corrected chi connectivity index (χ1v) is 7.09. The molecule has 0 aromatic carbocycles. The van der Waals surface area contributed by atoms with Crippen molar-refractivity contribution >= 4 is 17.2 Å². The number of piperidine rings is 1. The summed E-state index contributed by atoms with van der Waals surface area (Å²) in [7, 11) is 0. The van der Waals surface area contributed by atoms with Crippen LogP contribution in [-0.4, -0.2) is 37.1 Å². The van der Waals surface area contributed by atoms with Crippen LogP contribution in [0.3, 0.4) is 0 Å². The summed E-state index contributed by atoms with van der Waals surface area (Å²) in [5.41, 5.74) is 0. The van der Waals surface area contributed by atoms with Crippen LogP contribution < -0.4 is 0 Å². The molecule has 4 heteroatoms. The minimum absolute atomic E-state index is 0.182. The van der Waals surface area contributed by atoms with Gasteiger partial charge < -0.3 is 9.64 Å². The van der Waals surface area contributed by atoms with E-state index in [1.807, 2.05) is 29.3 Å². The fraction of sp³-hybridized carbons (Fsp3) is 0.615. The lowest BCUT2D eigenvalue weighted by atomic mass is 9.99. The Hall–Kier alpha value is -0.870. The first-order chi connectivity index (χ1) is 8.31. The molecule has 1 aliphatic heterocycles. The lowest BCUT2D eigenvalue weighted by Crippen LogP contribution is -2.40. The second-order valence-corrected chi connectivity index (χ2v) is 5.34. The van der Waals surface area contributed by atoms with E-state index in [0.29, 0.717) is 5.92 Å². The highest BCUT2D eigenvalue weighted by Crippen LogP contribution is 2.20. The third-order valence-corrected chi connectivity index (χ3v) is 3.95. The zero-order valence-corrected chi connectivity index (χ0v) is 11.0. The number of likely N-dealkylation sites (tertiary alicyclic amines) is 1. The zero-order valence-electron chi connectivity index (χ0n) is 10.2. The molecule has 1 aromatic rings. The quantitative estimate of drug-likeness (QED) is 0.825. The predicted octanol–water partition coefficient (Wildman–Crippen LogP) is 2.64. The molecule has 0 aliphatic carbocycles. The van der Waals surface area contributed by atoms with Crippen LogP contribution in [-0.2, 0) is 4.74 Å². The number of hydrogen-bond donors (Lipinski definition) is 0. The smallest absolute Gasteiger partial charge is 0.263 e. The first-order valence-electron chi connectivity index (χ1n) is 6.21. The number of carbonyl (C=O) groups is 1. The molecule has 0 N–H and O–H groups in total. The van der Waals surface area contributed by atoms with E-state index < -0.39 is 0 Å². The number of nitrogens with zero attached hydrogens (tertiary/aromatic N) is 1. The van der Waals surface area contributed by atoms with Crippen LogP contribution in [0.4, 0.5) is 0 Å². The normalized spacial score (nSPS) is 20.5. The lowest BCUT2D eigenvalue weighted by molar-refractivity contribution is 0.0504. The molecule has 1 unspecified atom stereocenters. The van der Waals surface area contributed by atoms with Crippen molar-refractivity contribution in [3.8, 4) is 0 Å². The van der Waals surface area contributed by atoms with Crippen molar-refractivity contribution in [3.05, 3.63) is 22.4 Å². The molecule has 1 aromatic heterocycles. The molecule has 0 radical (unpaired) electrons. The second kappa shape index (κ2) is 6.17. The summed E-state index contributed by atoms with van der Waals surface area (Å²) in [5.74, 6) is 0.689. The predicted molar refractivity (Wildman–Crippen MR) is 69.4 cm³/mol. The van der Waals surface area contributed by atoms with Gasteiger partial charge >= 0.3 is 0 Å². The van der Waals surface area contributed by atoms with Crippen molar-refractivity contribution in [1.29, 1.82) is 0 Å². The second-order valence-electron chi connectivity index (χ2n) is 4.40. The molecule has 3 nitrogen and oxygen atoms in total. The Labute approximate surface area is 106 Å². The van der Waals surface area contributed by atoms with E-state index in [4.69, 9.17) is 4.74 Å². The summed E-state index contributed by atoms with van der Waals surface area (Å²) < 4.78 is 5.46. The third kappa shape index (κ3) is 3.30. The highest BCUT2D eigenvalue weighted by molar-refractivity contribution is 7.12. The monoisotopic (exact) mass is 253 g/mol. The number of hydrogen-bond acceptors (Lipinski definition) is 3. The van der Waals surface area contributed by atoms with Gasteiger partial charge in [0.25, 0.3) is 5.91 Å². The van der Waals surface area contributed by atoms with Gasteiger partial charge in [0.15, 0.2) is 0 Å². The molecule has 1 aliphatic rings. The third-order valence-electron chi connectivity index (χ3n) is 3.10. The molecule has 0 saturated carbocycles. The zero-order chi connectivity index (χ0) is 12.1. The molecule has 1 saturated heterocycles. The fourth-order valence-corrected chi connectivity index (χ4v) is 2.92. The van der Waals surface area contributed by atoms with Crippen LogP contribution in [0.5, 0.6) is 0 Å². The summed E-state index contributed by atoms with van der Waals surface area (Å²) in [4.78, 5) is 15.0. The molecule has 0 spiro atoms. The topological polar surface area (TPSA) is 29.5 Å². The highest BCUT2D eigenvalue weighted by atomic mass is 32.1. The van der Waals surface area contributed by atoms with E-state index in [2.05, 4.69) is 0 Å². The molecule has 1 atom stereocenters. The van der Waals surface area contributed by atoms with Crippen molar-refractivity contribution in [3.63, 3.8) is 0 Å². The average molecular weight is 253 g/mol. The molecule has 2 rings (SSSR count). The average Bonchev–Trinajstić information content (AvgIpc) is 2.89. The van der Waals surface area contributed by atoms with Crippen LogP contribution in [0, 0.1) is 5.92 Å². The minimum atomic E-state index is 0.182. The minimum Gasteiger partial charge on any atom is -0.381 e. The van der Waals surface area contributed by atoms with Gasteiger partial charge in [0, 0.05) is 19.7 Å². The van der Waals surface area contributed by atoms with Gasteiger partial charge in [-0.15, -0.1) is 11.3 Å². The molecule has 1 amide bonds. The van der Waals surface area contributed by atoms with E-state index in [9.17, 15) is 4.79 Å². The van der Waals surface area contributed by atoms with Crippen molar-refractivity contribution in [2.75, 3.05) is 26.3 Å². The fourth-order valence-electron chi connectivity index (χ4n) is 2.23. The maximum absolute atomic E-state index is 12.2. The number of ether oxygens (including phenoxy) is 1. The Balaban J connectivity index is 1.90. The SMILES string of the molecule is CCOCC1CCCN(C(=O)c2cccs2)C1. The summed E-state index contributed by atoms with van der Waals surface area (Å²) in [6.07, 6.45) is 2.27. The van der Waals surface area contributed by atoms with Gasteiger partial charge in [0.05, 0.1) is 11.5 Å². The number of carbonyl (C=O) groups excluding carboxylic acids is 1. The molecular formula is C13H19NO2S. The van der Waals surface area contributed by atoms with Crippen LogP contribution in [0.1, 0.15) is 29.4 Å². The molecular weight excluding hydrogens is 234 g/mol. The largest absolute Gasteiger partial charge is 0.381 e. The van der Waals surface area contributed by atoms with Gasteiger partial charge in [0.1, 0.15) is 0 Å². The van der Waals surface area contributed by atoms with E-state index in [-0.39, 0.29) is 5.91 Å². The van der Waals surface area contributed by atoms with E-state index in [1.54, 1.807) is 0 Å². The van der Waals surface area contributed by atoms with Crippen LogP contribution >= 0.6 is 11.3 Å². The van der Waals surface area contributed by atoms with Gasteiger partial charge in [-0.25, -0.2) is 0 Å². The van der Waals surface area contributed by atoms with Crippen LogP contribution in [0.2, 0.25) is 0 Å². The van der Waals surface area contributed by atoms with Crippen LogP contribution in [0.25, 0.3) is 0 Å². The molecule has 0 bridgehead atoms. The molecule has 94 valence electrons. The van der Waals surface area contributed by atoms with Crippen LogP contribution in [0.15, 0.2) is 17.5 Å². The van der Waals surface area contributed by atoms with Gasteiger partial charge in [-0.3, -0.25) is 4.79 Å². The molecule has 1 fully saturated rings. The van der Waals surface area contributed by atoms with E-state index in [1.165, 1.54) is 17.8 Å². The van der Waals surface area contributed by atoms with Gasteiger partial charge in [-0.05, 0) is 37.1 Å². The highest BCUT2D eigenvalue weighted by Gasteiger charge is 2.24. The number of amides is 1. The Bertz CT molecular complexity index is 350. The maximum Gasteiger partial charge on any atom is 0.263 e. The Morgan fingerprint density at radius 1 is 1.65 bits per heavy atom. The summed E-state index contributed by atoms with van der Waals surface area (Å²) in [5, 5.41) is 1.95. The number of rotatable bonds is 4. The molecule has 17 heavy (non-hydrogen) atoms. The summed E-state index contributed by atoms with van der Waals surface area (Å²) >= 11 is 1.52. The molecule has 2 heterocycles. The summed E-state index contributed by atoms with van der Waals surface area (Å²) in [6.45, 7) is 5.29.